The Labute approximate surface area is 170 Å². The maximum Gasteiger partial charge on any atom is 0.287 e. The summed E-state index contributed by atoms with van der Waals surface area (Å²) in [7, 11) is 5.34. The lowest BCUT2D eigenvalue weighted by Crippen LogP contribution is -2.42. The molecule has 0 bridgehead atoms. The van der Waals surface area contributed by atoms with Gasteiger partial charge in [-0.25, -0.2) is 0 Å². The zero-order valence-electron chi connectivity index (χ0n) is 15.2. The Hall–Kier alpha value is -2.23. The summed E-state index contributed by atoms with van der Waals surface area (Å²) in [5.74, 6) is 1.67. The van der Waals surface area contributed by atoms with E-state index in [1.165, 1.54) is 6.26 Å². The van der Waals surface area contributed by atoms with Gasteiger partial charge in [0.25, 0.3) is 5.91 Å². The molecule has 1 amide bonds. The first-order valence-electron chi connectivity index (χ1n) is 8.00. The summed E-state index contributed by atoms with van der Waals surface area (Å²) in [6.45, 7) is 1.74. The highest BCUT2D eigenvalue weighted by molar-refractivity contribution is 14.0. The van der Waals surface area contributed by atoms with Crippen LogP contribution in [-0.4, -0.2) is 51.1 Å². The molecule has 0 atom stereocenters. The van der Waals surface area contributed by atoms with Gasteiger partial charge in [0.1, 0.15) is 5.75 Å². The van der Waals surface area contributed by atoms with Gasteiger partial charge in [-0.3, -0.25) is 9.79 Å². The van der Waals surface area contributed by atoms with Crippen LogP contribution in [-0.2, 0) is 6.54 Å². The molecule has 0 aliphatic rings. The zero-order chi connectivity index (χ0) is 18.1. The molecule has 0 aliphatic carbocycles. The van der Waals surface area contributed by atoms with Crippen molar-refractivity contribution in [2.24, 2.45) is 4.99 Å². The summed E-state index contributed by atoms with van der Waals surface area (Å²) in [5, 5.41) is 6.00. The number of amides is 1. The fourth-order valence-electron chi connectivity index (χ4n) is 2.31. The number of hydrogen-bond donors (Lipinski definition) is 2. The van der Waals surface area contributed by atoms with Crippen molar-refractivity contribution in [2.75, 3.05) is 34.3 Å². The average molecular weight is 472 g/mol. The van der Waals surface area contributed by atoms with E-state index in [0.717, 1.165) is 17.3 Å². The largest absolute Gasteiger partial charge is 0.497 e. The van der Waals surface area contributed by atoms with E-state index < -0.39 is 0 Å². The molecule has 0 saturated heterocycles. The molecule has 7 nitrogen and oxygen atoms in total. The Morgan fingerprint density at radius 3 is 2.46 bits per heavy atom. The normalized spacial score (nSPS) is 10.7. The van der Waals surface area contributed by atoms with Crippen LogP contribution in [0.25, 0.3) is 0 Å². The number of nitrogens with zero attached hydrogens (tertiary/aromatic N) is 2. The smallest absolute Gasteiger partial charge is 0.287 e. The second-order valence-corrected chi connectivity index (χ2v) is 5.41. The number of rotatable bonds is 7. The van der Waals surface area contributed by atoms with Crippen LogP contribution in [0, 0.1) is 0 Å². The van der Waals surface area contributed by atoms with E-state index in [4.69, 9.17) is 9.15 Å². The Morgan fingerprint density at radius 1 is 1.19 bits per heavy atom. The zero-order valence-corrected chi connectivity index (χ0v) is 17.5. The number of ether oxygens (including phenoxy) is 1. The molecule has 0 saturated carbocycles. The van der Waals surface area contributed by atoms with Gasteiger partial charge in [-0.05, 0) is 29.8 Å². The maximum absolute atomic E-state index is 11.8. The van der Waals surface area contributed by atoms with Crippen LogP contribution >= 0.6 is 24.0 Å². The van der Waals surface area contributed by atoms with E-state index in [9.17, 15) is 4.79 Å². The van der Waals surface area contributed by atoms with Gasteiger partial charge in [0.15, 0.2) is 11.7 Å². The van der Waals surface area contributed by atoms with E-state index in [2.05, 4.69) is 15.6 Å². The van der Waals surface area contributed by atoms with Gasteiger partial charge in [0.2, 0.25) is 0 Å². The van der Waals surface area contributed by atoms with E-state index in [1.807, 2.05) is 36.2 Å². The number of hydrogen-bond acceptors (Lipinski definition) is 4. The summed E-state index contributed by atoms with van der Waals surface area (Å²) in [4.78, 5) is 18.0. The van der Waals surface area contributed by atoms with Crippen molar-refractivity contribution in [2.45, 2.75) is 6.54 Å². The molecule has 2 rings (SSSR count). The Kier molecular flexibility index (Phi) is 9.56. The van der Waals surface area contributed by atoms with Crippen LogP contribution in [0.5, 0.6) is 5.75 Å². The summed E-state index contributed by atoms with van der Waals surface area (Å²) >= 11 is 0. The van der Waals surface area contributed by atoms with Crippen LogP contribution in [0.15, 0.2) is 52.1 Å². The molecule has 0 aliphatic heterocycles. The van der Waals surface area contributed by atoms with Gasteiger partial charge in [-0.1, -0.05) is 12.1 Å². The average Bonchev–Trinajstić information content (AvgIpc) is 3.17. The molecule has 2 N–H and O–H groups in total. The second kappa shape index (κ2) is 11.4. The lowest BCUT2D eigenvalue weighted by atomic mass is 10.2. The van der Waals surface area contributed by atoms with Crippen molar-refractivity contribution in [3.8, 4) is 5.75 Å². The van der Waals surface area contributed by atoms with Gasteiger partial charge < -0.3 is 24.7 Å². The highest BCUT2D eigenvalue weighted by Crippen LogP contribution is 2.12. The van der Waals surface area contributed by atoms with Crippen molar-refractivity contribution >= 4 is 35.8 Å². The van der Waals surface area contributed by atoms with E-state index in [0.29, 0.717) is 25.4 Å². The lowest BCUT2D eigenvalue weighted by Gasteiger charge is -2.22. The van der Waals surface area contributed by atoms with Gasteiger partial charge in [0, 0.05) is 33.7 Å². The van der Waals surface area contributed by atoms with Crippen LogP contribution in [0.4, 0.5) is 0 Å². The fraction of sp³-hybridized carbons (Fsp3) is 0.333. The minimum atomic E-state index is -0.228. The Balaban J connectivity index is 0.00000338. The summed E-state index contributed by atoms with van der Waals surface area (Å²) < 4.78 is 10.2. The highest BCUT2D eigenvalue weighted by Gasteiger charge is 2.09. The van der Waals surface area contributed by atoms with E-state index in [-0.39, 0.29) is 29.9 Å². The monoisotopic (exact) mass is 472 g/mol. The maximum atomic E-state index is 11.8. The standard InChI is InChI=1S/C18H24N4O3.HI/c1-19-18(21-11-10-20-17(23)16-5-4-12-25-16)22(2)13-14-6-8-15(24-3)9-7-14;/h4-9,12H,10-11,13H2,1-3H3,(H,19,21)(H,20,23);1H. The van der Waals surface area contributed by atoms with Crippen LogP contribution in [0.2, 0.25) is 0 Å². The number of aliphatic imine (C=N–C) groups is 1. The molecule has 8 heteroatoms. The minimum Gasteiger partial charge on any atom is -0.497 e. The molecule has 2 aromatic rings. The SMILES string of the molecule is CN=C(NCCNC(=O)c1ccco1)N(C)Cc1ccc(OC)cc1.I. The third-order valence-corrected chi connectivity index (χ3v) is 3.59. The molecule has 1 heterocycles. The number of nitrogens with one attached hydrogen (secondary N) is 2. The molecule has 0 fully saturated rings. The predicted molar refractivity (Wildman–Crippen MR) is 112 cm³/mol. The molecule has 0 radical (unpaired) electrons. The number of furan rings is 1. The Morgan fingerprint density at radius 2 is 1.88 bits per heavy atom. The molecule has 26 heavy (non-hydrogen) atoms. The van der Waals surface area contributed by atoms with Gasteiger partial charge >= 0.3 is 0 Å². The van der Waals surface area contributed by atoms with Gasteiger partial charge in [-0.15, -0.1) is 24.0 Å². The van der Waals surface area contributed by atoms with Crippen LogP contribution < -0.4 is 15.4 Å². The molecule has 0 unspecified atom stereocenters. The van der Waals surface area contributed by atoms with Crippen molar-refractivity contribution in [3.63, 3.8) is 0 Å². The first-order chi connectivity index (χ1) is 12.1. The van der Waals surface area contributed by atoms with E-state index >= 15 is 0 Å². The van der Waals surface area contributed by atoms with Crippen molar-refractivity contribution < 1.29 is 13.9 Å². The summed E-state index contributed by atoms with van der Waals surface area (Å²) in [6, 6.07) is 11.2. The molecular weight excluding hydrogens is 447 g/mol. The first-order valence-corrected chi connectivity index (χ1v) is 8.00. The first kappa shape index (κ1) is 21.8. The third kappa shape index (κ3) is 6.58. The van der Waals surface area contributed by atoms with E-state index in [1.54, 1.807) is 26.3 Å². The summed E-state index contributed by atoms with van der Waals surface area (Å²) in [5.41, 5.74) is 1.15. The number of halogens is 1. The predicted octanol–water partition coefficient (Wildman–Crippen LogP) is 2.34. The number of carbonyl (C=O) groups is 1. The number of benzene rings is 1. The van der Waals surface area contributed by atoms with Gasteiger partial charge in [0.05, 0.1) is 13.4 Å². The fourth-order valence-corrected chi connectivity index (χ4v) is 2.31. The molecule has 142 valence electrons. The van der Waals surface area contributed by atoms with Crippen molar-refractivity contribution in [3.05, 3.63) is 54.0 Å². The topological polar surface area (TPSA) is 79.1 Å². The second-order valence-electron chi connectivity index (χ2n) is 5.41. The minimum absolute atomic E-state index is 0. The van der Waals surface area contributed by atoms with Crippen LogP contribution in [0.3, 0.4) is 0 Å². The third-order valence-electron chi connectivity index (χ3n) is 3.59. The molecule has 0 spiro atoms. The summed E-state index contributed by atoms with van der Waals surface area (Å²) in [6.07, 6.45) is 1.48. The van der Waals surface area contributed by atoms with Crippen molar-refractivity contribution in [1.82, 2.24) is 15.5 Å². The quantitative estimate of drug-likeness (QED) is 0.280. The number of methoxy groups -OCH3 is 1. The molecule has 1 aromatic carbocycles. The van der Waals surface area contributed by atoms with Gasteiger partial charge in [-0.2, -0.15) is 0 Å². The van der Waals surface area contributed by atoms with Crippen LogP contribution in [0.1, 0.15) is 16.1 Å². The molecular formula is C18H25IN4O3. The highest BCUT2D eigenvalue weighted by atomic mass is 127. The lowest BCUT2D eigenvalue weighted by molar-refractivity contribution is 0.0926. The Bertz CT molecular complexity index is 687. The van der Waals surface area contributed by atoms with Crippen molar-refractivity contribution in [1.29, 1.82) is 0 Å². The number of carbonyl (C=O) groups excluding carboxylic acids is 1. The number of guanidine groups is 1. The molecule has 1 aromatic heterocycles.